The second-order valence-electron chi connectivity index (χ2n) is 28.6. The Morgan fingerprint density at radius 2 is 0.278 bits per heavy atom. The predicted octanol–water partition coefficient (Wildman–Crippen LogP) is 29.8. The Labute approximate surface area is 610 Å². The van der Waals surface area contributed by atoms with Crippen LogP contribution in [0.25, 0.3) is 263 Å². The number of para-hydroxylation sites is 4. The monoisotopic (exact) mass is 1380 g/mol. The summed E-state index contributed by atoms with van der Waals surface area (Å²) < 4.78 is 51.3. The maximum Gasteiger partial charge on any atom is 0.136 e. The SMILES string of the molecule is c1ccc2c(c1)oc1ccc3oc4cc(-c5c6ccccc6c(-c6ccc7c(c6)oc6ccc8oc9ccccc9c8c67)c6ccccc56)ccc4c3c12.c1ccc2c(c1)oc1ccc3oc4cc(-c5c6ccccc6c(-c6ccc7oc8ccc9oc%10ccccc%10c9c8c7c6)c6ccccc56)ccc4c3c12. The summed E-state index contributed by atoms with van der Waals surface area (Å²) in [5.74, 6) is 0. The highest BCUT2D eigenvalue weighted by Gasteiger charge is 2.26. The molecule has 0 spiro atoms. The molecule has 26 aromatic rings. The van der Waals surface area contributed by atoms with E-state index in [1.165, 1.54) is 65.3 Å². The van der Waals surface area contributed by atoms with Crippen molar-refractivity contribution in [2.75, 3.05) is 0 Å². The topological polar surface area (TPSA) is 105 Å². The zero-order valence-electron chi connectivity index (χ0n) is 57.3. The average Bonchev–Trinajstić information content (AvgIpc) is 1.22. The van der Waals surface area contributed by atoms with Crippen LogP contribution >= 0.6 is 0 Å². The maximum atomic E-state index is 6.62. The molecule has 8 heterocycles. The molecule has 18 aromatic carbocycles. The fourth-order valence-corrected chi connectivity index (χ4v) is 18.5. The minimum Gasteiger partial charge on any atom is -0.456 e. The van der Waals surface area contributed by atoms with Gasteiger partial charge in [-0.25, -0.2) is 0 Å². The first-order chi connectivity index (χ1) is 53.5. The van der Waals surface area contributed by atoms with E-state index >= 15 is 0 Å². The van der Waals surface area contributed by atoms with E-state index in [1.54, 1.807) is 0 Å². The van der Waals surface area contributed by atoms with Crippen LogP contribution in [-0.2, 0) is 0 Å². The largest absolute Gasteiger partial charge is 0.456 e. The van der Waals surface area contributed by atoms with Gasteiger partial charge in [0.25, 0.3) is 0 Å². The van der Waals surface area contributed by atoms with Gasteiger partial charge in [0.2, 0.25) is 0 Å². The van der Waals surface area contributed by atoms with Gasteiger partial charge in [0.1, 0.15) is 89.3 Å². The lowest BCUT2D eigenvalue weighted by atomic mass is 9.85. The molecule has 0 radical (unpaired) electrons. The molecule has 0 aliphatic heterocycles. The lowest BCUT2D eigenvalue weighted by molar-refractivity contribution is 0.663. The standard InChI is InChI=1S/2C50H26O4/c1-3-11-31-29(9-1)45(27-18-20-39-36(25-27)50-43(53-39)24-22-41-48(50)34-14-6-8-16-38(34)52-41)30-10-2-4-12-32(30)46(31)28-17-19-35-44(26-28)54-42-23-21-40-47(49(35)42)33-13-5-7-15-37(33)51-40;1-2-10-30-29(9-1)45(27-17-19-35-43(25-27)53-41-23-21-39-47(49(35)41)33-13-5-7-15-37(33)51-39)31-11-3-4-12-32(31)46(30)28-18-20-36-44(26-28)54-42-24-22-40-48(50(36)42)34-14-6-8-16-38(34)52-40/h2*1-26H. The highest BCUT2D eigenvalue weighted by molar-refractivity contribution is 6.32. The Balaban J connectivity index is 0.000000124. The van der Waals surface area contributed by atoms with E-state index in [4.69, 9.17) is 35.3 Å². The molecule has 0 bridgehead atoms. The first-order valence-corrected chi connectivity index (χ1v) is 36.5. The van der Waals surface area contributed by atoms with Crippen molar-refractivity contribution in [2.24, 2.45) is 0 Å². The van der Waals surface area contributed by atoms with Crippen LogP contribution in [0.15, 0.2) is 351 Å². The molecule has 0 saturated heterocycles. The second-order valence-corrected chi connectivity index (χ2v) is 28.6. The number of rotatable bonds is 4. The van der Waals surface area contributed by atoms with Crippen LogP contribution in [0.3, 0.4) is 0 Å². The van der Waals surface area contributed by atoms with Crippen molar-refractivity contribution in [2.45, 2.75) is 0 Å². The highest BCUT2D eigenvalue weighted by atomic mass is 16.4. The maximum absolute atomic E-state index is 6.62. The van der Waals surface area contributed by atoms with Crippen LogP contribution < -0.4 is 0 Å². The Kier molecular flexibility index (Phi) is 11.5. The summed E-state index contributed by atoms with van der Waals surface area (Å²) in [5, 5.41) is 26.9. The summed E-state index contributed by atoms with van der Waals surface area (Å²) in [4.78, 5) is 0. The Morgan fingerprint density at radius 3 is 0.528 bits per heavy atom. The number of furan rings is 8. The zero-order valence-corrected chi connectivity index (χ0v) is 57.3. The molecule has 0 atom stereocenters. The lowest BCUT2D eigenvalue weighted by Crippen LogP contribution is -1.90. The molecule has 0 aliphatic rings. The van der Waals surface area contributed by atoms with E-state index < -0.39 is 0 Å². The van der Waals surface area contributed by atoms with Crippen molar-refractivity contribution >= 4 is 219 Å². The van der Waals surface area contributed by atoms with Gasteiger partial charge in [0, 0.05) is 86.2 Å². The first-order valence-electron chi connectivity index (χ1n) is 36.5. The molecule has 0 amide bonds. The third-order valence-electron chi connectivity index (χ3n) is 22.9. The van der Waals surface area contributed by atoms with Crippen LogP contribution in [0.2, 0.25) is 0 Å². The van der Waals surface area contributed by atoms with Gasteiger partial charge in [-0.05, 0) is 209 Å². The van der Waals surface area contributed by atoms with Crippen LogP contribution in [-0.4, -0.2) is 0 Å². The highest BCUT2D eigenvalue weighted by Crippen LogP contribution is 2.52. The fourth-order valence-electron chi connectivity index (χ4n) is 18.5. The van der Waals surface area contributed by atoms with Crippen molar-refractivity contribution in [1.82, 2.24) is 0 Å². The Bertz CT molecular complexity index is 8090. The van der Waals surface area contributed by atoms with Crippen LogP contribution in [0.4, 0.5) is 0 Å². The summed E-state index contributed by atoms with van der Waals surface area (Å²) in [6, 6.07) is 111. The van der Waals surface area contributed by atoms with E-state index in [1.807, 2.05) is 97.1 Å². The number of hydrogen-bond donors (Lipinski definition) is 0. The molecule has 0 unspecified atom stereocenters. The molecule has 8 aromatic heterocycles. The van der Waals surface area contributed by atoms with Crippen molar-refractivity contribution in [3.63, 3.8) is 0 Å². The molecule has 26 rings (SSSR count). The number of hydrogen-bond acceptors (Lipinski definition) is 8. The zero-order chi connectivity index (χ0) is 70.1. The predicted molar refractivity (Wildman–Crippen MR) is 443 cm³/mol. The van der Waals surface area contributed by atoms with Crippen LogP contribution in [0.5, 0.6) is 0 Å². The molecule has 0 saturated carbocycles. The van der Waals surface area contributed by atoms with E-state index in [9.17, 15) is 0 Å². The Hall–Kier alpha value is -14.6. The molecule has 500 valence electrons. The molecular formula is C100H52O8. The third-order valence-corrected chi connectivity index (χ3v) is 22.9. The summed E-state index contributed by atoms with van der Waals surface area (Å²) in [7, 11) is 0. The van der Waals surface area contributed by atoms with E-state index in [0.717, 1.165) is 198 Å². The molecule has 108 heavy (non-hydrogen) atoms. The van der Waals surface area contributed by atoms with Gasteiger partial charge in [-0.3, -0.25) is 0 Å². The van der Waals surface area contributed by atoms with E-state index in [-0.39, 0.29) is 0 Å². The number of benzene rings is 18. The van der Waals surface area contributed by atoms with Gasteiger partial charge >= 0.3 is 0 Å². The van der Waals surface area contributed by atoms with Gasteiger partial charge < -0.3 is 35.3 Å². The van der Waals surface area contributed by atoms with Crippen LogP contribution in [0, 0.1) is 0 Å². The molecule has 8 heteroatoms. The lowest BCUT2D eigenvalue weighted by Gasteiger charge is -2.17. The van der Waals surface area contributed by atoms with Crippen molar-refractivity contribution in [1.29, 1.82) is 0 Å². The van der Waals surface area contributed by atoms with Gasteiger partial charge in [0.15, 0.2) is 0 Å². The average molecular weight is 1380 g/mol. The minimum absolute atomic E-state index is 0.854. The summed E-state index contributed by atoms with van der Waals surface area (Å²) in [6.45, 7) is 0. The van der Waals surface area contributed by atoms with Gasteiger partial charge in [-0.1, -0.05) is 194 Å². The van der Waals surface area contributed by atoms with Crippen molar-refractivity contribution < 1.29 is 35.3 Å². The first kappa shape index (κ1) is 57.9. The molecule has 0 N–H and O–H groups in total. The van der Waals surface area contributed by atoms with Gasteiger partial charge in [-0.2, -0.15) is 0 Å². The summed E-state index contributed by atoms with van der Waals surface area (Å²) >= 11 is 0. The third kappa shape index (κ3) is 8.01. The van der Waals surface area contributed by atoms with Crippen molar-refractivity contribution in [3.8, 4) is 44.5 Å². The number of fused-ring (bicyclic) bond motifs is 32. The molecule has 8 nitrogen and oxygen atoms in total. The molecular weight excluding hydrogens is 1330 g/mol. The van der Waals surface area contributed by atoms with Crippen molar-refractivity contribution in [3.05, 3.63) is 315 Å². The second kappa shape index (κ2) is 21.5. The van der Waals surface area contributed by atoms with Gasteiger partial charge in [0.05, 0.1) is 0 Å². The van der Waals surface area contributed by atoms with E-state index in [0.29, 0.717) is 0 Å². The molecule has 0 aliphatic carbocycles. The minimum atomic E-state index is 0.854. The normalized spacial score (nSPS) is 12.4. The van der Waals surface area contributed by atoms with Crippen LogP contribution in [0.1, 0.15) is 0 Å². The molecule has 0 fully saturated rings. The summed E-state index contributed by atoms with van der Waals surface area (Å²) in [5.41, 5.74) is 23.1. The van der Waals surface area contributed by atoms with E-state index in [2.05, 4.69) is 218 Å². The quantitative estimate of drug-likeness (QED) is 0.161. The Morgan fingerprint density at radius 1 is 0.111 bits per heavy atom. The fraction of sp³-hybridized carbons (Fsp3) is 0. The smallest absolute Gasteiger partial charge is 0.136 e. The van der Waals surface area contributed by atoms with Gasteiger partial charge in [-0.15, -0.1) is 0 Å². The summed E-state index contributed by atoms with van der Waals surface area (Å²) in [6.07, 6.45) is 0.